The van der Waals surface area contributed by atoms with Gasteiger partial charge in [-0.3, -0.25) is 4.31 Å². The van der Waals surface area contributed by atoms with Crippen LogP contribution in [0.3, 0.4) is 0 Å². The molecule has 0 radical (unpaired) electrons. The van der Waals surface area contributed by atoms with Crippen LogP contribution >= 0.6 is 0 Å². The molecule has 1 atom stereocenters. The first-order valence-corrected chi connectivity index (χ1v) is 6.96. The monoisotopic (exact) mass is 258 g/mol. The lowest BCUT2D eigenvalue weighted by Gasteiger charge is -2.23. The van der Waals surface area contributed by atoms with Gasteiger partial charge in [0, 0.05) is 13.6 Å². The van der Waals surface area contributed by atoms with Crippen LogP contribution in [0.25, 0.3) is 0 Å². The molecule has 0 spiro atoms. The third-order valence-electron chi connectivity index (χ3n) is 2.99. The first kappa shape index (κ1) is 12.3. The molecule has 1 unspecified atom stereocenters. The van der Waals surface area contributed by atoms with Gasteiger partial charge in [-0.05, 0) is 31.2 Å². The van der Waals surface area contributed by atoms with Gasteiger partial charge in [-0.25, -0.2) is 12.8 Å². The van der Waals surface area contributed by atoms with Crippen molar-refractivity contribution >= 4 is 15.7 Å². The predicted molar refractivity (Wildman–Crippen MR) is 65.0 cm³/mol. The molecular formula is C11H15FN2O2S. The van der Waals surface area contributed by atoms with Gasteiger partial charge in [0.1, 0.15) is 5.82 Å². The molecule has 17 heavy (non-hydrogen) atoms. The molecule has 0 aliphatic carbocycles. The van der Waals surface area contributed by atoms with E-state index < -0.39 is 21.1 Å². The summed E-state index contributed by atoms with van der Waals surface area (Å²) in [7, 11) is -1.94. The molecule has 1 N–H and O–H groups in total. The van der Waals surface area contributed by atoms with Crippen LogP contribution in [0.2, 0.25) is 0 Å². The fourth-order valence-corrected chi connectivity index (χ4v) is 3.52. The maximum Gasteiger partial charge on any atom is 0.239 e. The van der Waals surface area contributed by atoms with E-state index in [1.165, 1.54) is 25.2 Å². The van der Waals surface area contributed by atoms with Gasteiger partial charge in [0.25, 0.3) is 0 Å². The summed E-state index contributed by atoms with van der Waals surface area (Å²) < 4.78 is 38.6. The number of hydrogen-bond donors (Lipinski definition) is 1. The van der Waals surface area contributed by atoms with Crippen molar-refractivity contribution in [3.8, 4) is 0 Å². The Bertz CT molecular complexity index is 498. The first-order valence-electron chi connectivity index (χ1n) is 5.46. The van der Waals surface area contributed by atoms with Crippen molar-refractivity contribution < 1.29 is 12.8 Å². The van der Waals surface area contributed by atoms with E-state index in [4.69, 9.17) is 0 Å². The molecule has 1 aliphatic heterocycles. The van der Waals surface area contributed by atoms with Gasteiger partial charge in [-0.2, -0.15) is 0 Å². The number of halogens is 1. The van der Waals surface area contributed by atoms with Crippen LogP contribution in [0.5, 0.6) is 0 Å². The molecule has 2 rings (SSSR count). The number of nitrogens with one attached hydrogen (secondary N) is 1. The molecule has 1 saturated heterocycles. The van der Waals surface area contributed by atoms with Crippen LogP contribution in [0.15, 0.2) is 24.3 Å². The zero-order valence-electron chi connectivity index (χ0n) is 9.56. The number of sulfonamides is 1. The highest BCUT2D eigenvalue weighted by Gasteiger charge is 2.32. The topological polar surface area (TPSA) is 49.4 Å². The average Bonchev–Trinajstić information content (AvgIpc) is 2.82. The van der Waals surface area contributed by atoms with Gasteiger partial charge in [-0.15, -0.1) is 0 Å². The third kappa shape index (κ3) is 2.42. The van der Waals surface area contributed by atoms with Crippen LogP contribution in [-0.2, 0) is 10.0 Å². The molecule has 1 heterocycles. The highest BCUT2D eigenvalue weighted by atomic mass is 32.2. The van der Waals surface area contributed by atoms with Gasteiger partial charge in [0.15, 0.2) is 0 Å². The highest BCUT2D eigenvalue weighted by Crippen LogP contribution is 2.22. The molecule has 0 bridgehead atoms. The summed E-state index contributed by atoms with van der Waals surface area (Å²) in [5, 5.41) is 2.60. The number of rotatable bonds is 3. The summed E-state index contributed by atoms with van der Waals surface area (Å²) in [5.74, 6) is -0.436. The average molecular weight is 258 g/mol. The van der Waals surface area contributed by atoms with Crippen molar-refractivity contribution in [1.29, 1.82) is 0 Å². The van der Waals surface area contributed by atoms with Gasteiger partial charge in [-0.1, -0.05) is 6.07 Å². The largest absolute Gasteiger partial charge is 0.315 e. The van der Waals surface area contributed by atoms with Crippen molar-refractivity contribution in [3.63, 3.8) is 0 Å². The lowest BCUT2D eigenvalue weighted by Crippen LogP contribution is -2.37. The summed E-state index contributed by atoms with van der Waals surface area (Å²) in [4.78, 5) is 0. The van der Waals surface area contributed by atoms with E-state index in [0.29, 0.717) is 25.2 Å². The van der Waals surface area contributed by atoms with E-state index in [9.17, 15) is 12.8 Å². The quantitative estimate of drug-likeness (QED) is 0.878. The molecule has 6 heteroatoms. The second-order valence-electron chi connectivity index (χ2n) is 4.11. The minimum atomic E-state index is -3.40. The molecule has 0 aromatic heterocycles. The second kappa shape index (κ2) is 4.62. The first-order chi connectivity index (χ1) is 8.01. The molecule has 0 amide bonds. The highest BCUT2D eigenvalue weighted by molar-refractivity contribution is 7.93. The number of hydrogen-bond acceptors (Lipinski definition) is 3. The van der Waals surface area contributed by atoms with Gasteiger partial charge >= 0.3 is 0 Å². The van der Waals surface area contributed by atoms with Crippen LogP contribution in [0.1, 0.15) is 6.42 Å². The van der Waals surface area contributed by atoms with E-state index >= 15 is 0 Å². The lowest BCUT2D eigenvalue weighted by molar-refractivity contribution is 0.581. The Morgan fingerprint density at radius 3 is 2.82 bits per heavy atom. The van der Waals surface area contributed by atoms with Crippen molar-refractivity contribution in [2.75, 3.05) is 24.4 Å². The standard InChI is InChI=1S/C11H15FN2O2S/c1-14(10-4-2-3-9(12)7-10)17(15,16)11-5-6-13-8-11/h2-4,7,11,13H,5-6,8H2,1H3. The zero-order chi connectivity index (χ0) is 12.5. The summed E-state index contributed by atoms with van der Waals surface area (Å²) in [6.07, 6.45) is 0.599. The summed E-state index contributed by atoms with van der Waals surface area (Å²) in [5.41, 5.74) is 0.358. The van der Waals surface area contributed by atoms with E-state index in [2.05, 4.69) is 5.32 Å². The summed E-state index contributed by atoms with van der Waals surface area (Å²) >= 11 is 0. The van der Waals surface area contributed by atoms with Crippen molar-refractivity contribution in [3.05, 3.63) is 30.1 Å². The Balaban J connectivity index is 2.27. The van der Waals surface area contributed by atoms with E-state index in [0.717, 1.165) is 4.31 Å². The minimum Gasteiger partial charge on any atom is -0.315 e. The molecule has 1 aromatic carbocycles. The normalized spacial score (nSPS) is 20.5. The molecule has 1 aromatic rings. The number of nitrogens with zero attached hydrogens (tertiary/aromatic N) is 1. The SMILES string of the molecule is CN(c1cccc(F)c1)S(=O)(=O)C1CCNC1. The fourth-order valence-electron chi connectivity index (χ4n) is 1.92. The molecule has 4 nitrogen and oxygen atoms in total. The van der Waals surface area contributed by atoms with Crippen LogP contribution < -0.4 is 9.62 Å². The van der Waals surface area contributed by atoms with Crippen molar-refractivity contribution in [2.45, 2.75) is 11.7 Å². The van der Waals surface area contributed by atoms with E-state index in [1.54, 1.807) is 6.07 Å². The number of anilines is 1. The van der Waals surface area contributed by atoms with Crippen LogP contribution in [0.4, 0.5) is 10.1 Å². The second-order valence-corrected chi connectivity index (χ2v) is 6.35. The summed E-state index contributed by atoms with van der Waals surface area (Å²) in [6.45, 7) is 1.17. The molecule has 0 saturated carbocycles. The Morgan fingerprint density at radius 1 is 1.47 bits per heavy atom. The van der Waals surface area contributed by atoms with Gasteiger partial charge in [0.05, 0.1) is 10.9 Å². The van der Waals surface area contributed by atoms with Gasteiger partial charge in [0.2, 0.25) is 10.0 Å². The van der Waals surface area contributed by atoms with E-state index in [-0.39, 0.29) is 0 Å². The molecule has 94 valence electrons. The lowest BCUT2D eigenvalue weighted by atomic mass is 10.3. The molecular weight excluding hydrogens is 243 g/mol. The molecule has 1 aliphatic rings. The van der Waals surface area contributed by atoms with E-state index in [1.807, 2.05) is 0 Å². The maximum atomic E-state index is 13.1. The Labute approximate surface area is 100 Å². The zero-order valence-corrected chi connectivity index (χ0v) is 10.4. The summed E-state index contributed by atoms with van der Waals surface area (Å²) in [6, 6.07) is 5.60. The third-order valence-corrected chi connectivity index (χ3v) is 5.21. The Hall–Kier alpha value is -1.14. The van der Waals surface area contributed by atoms with Crippen LogP contribution in [0, 0.1) is 5.82 Å². The molecule has 1 fully saturated rings. The number of benzene rings is 1. The van der Waals surface area contributed by atoms with Gasteiger partial charge < -0.3 is 5.32 Å². The van der Waals surface area contributed by atoms with Crippen molar-refractivity contribution in [1.82, 2.24) is 5.32 Å². The Kier molecular flexibility index (Phi) is 3.35. The fraction of sp³-hybridized carbons (Fsp3) is 0.455. The predicted octanol–water partition coefficient (Wildman–Crippen LogP) is 0.954. The maximum absolute atomic E-state index is 13.1. The van der Waals surface area contributed by atoms with Crippen LogP contribution in [-0.4, -0.2) is 33.8 Å². The van der Waals surface area contributed by atoms with Crippen molar-refractivity contribution in [2.24, 2.45) is 0 Å². The Morgan fingerprint density at radius 2 is 2.24 bits per heavy atom. The smallest absolute Gasteiger partial charge is 0.239 e. The minimum absolute atomic E-state index is 0.358.